The fraction of sp³-hybridized carbons (Fsp3) is 0.429. The molecular weight excluding hydrogens is 360 g/mol. The Labute approximate surface area is 165 Å². The highest BCUT2D eigenvalue weighted by Crippen LogP contribution is 2.24. The van der Waals surface area contributed by atoms with Crippen LogP contribution in [0.5, 0.6) is 5.75 Å². The number of nitrogens with zero attached hydrogens (tertiary/aromatic N) is 1. The third-order valence-corrected chi connectivity index (χ3v) is 4.26. The van der Waals surface area contributed by atoms with Crippen LogP contribution in [0, 0.1) is 13.8 Å². The summed E-state index contributed by atoms with van der Waals surface area (Å²) in [4.78, 5) is 23.7. The predicted octanol–water partition coefficient (Wildman–Crippen LogP) is 3.62. The molecule has 0 aliphatic carbocycles. The number of hydrogen-bond donors (Lipinski definition) is 2. The van der Waals surface area contributed by atoms with Crippen LogP contribution < -0.4 is 10.1 Å². The van der Waals surface area contributed by atoms with Crippen molar-refractivity contribution in [2.24, 2.45) is 0 Å². The average molecular weight is 388 g/mol. The van der Waals surface area contributed by atoms with Gasteiger partial charge in [0.15, 0.2) is 0 Å². The molecule has 1 unspecified atom stereocenters. The third-order valence-electron chi connectivity index (χ3n) is 4.26. The number of aliphatic carboxylic acids is 1. The van der Waals surface area contributed by atoms with Gasteiger partial charge >= 0.3 is 12.1 Å². The molecule has 0 spiro atoms. The largest absolute Gasteiger partial charge is 0.497 e. The standard InChI is InChI=1S/C21H28N2O5/c1-13-10-15(11-18(19(24)25)22-20(26)28-21(3,4)5)14(2)23(13)16-8-7-9-17(12-16)27-6/h7-10,12,18H,11H2,1-6H3,(H,22,26)(H,24,25). The SMILES string of the molecule is COc1cccc(-n2c(C)cc(CC(NC(=O)OC(C)(C)C)C(=O)O)c2C)c1. The molecule has 0 radical (unpaired) electrons. The minimum Gasteiger partial charge on any atom is -0.497 e. The van der Waals surface area contributed by atoms with Crippen LogP contribution >= 0.6 is 0 Å². The van der Waals surface area contributed by atoms with E-state index in [2.05, 4.69) is 5.32 Å². The Hall–Kier alpha value is -2.96. The maximum absolute atomic E-state index is 12.0. The Morgan fingerprint density at radius 3 is 2.46 bits per heavy atom. The van der Waals surface area contributed by atoms with E-state index in [0.717, 1.165) is 28.4 Å². The predicted molar refractivity (Wildman–Crippen MR) is 106 cm³/mol. The van der Waals surface area contributed by atoms with E-state index in [0.29, 0.717) is 0 Å². The van der Waals surface area contributed by atoms with E-state index >= 15 is 0 Å². The number of aromatic nitrogens is 1. The number of hydrogen-bond acceptors (Lipinski definition) is 4. The summed E-state index contributed by atoms with van der Waals surface area (Å²) in [5.41, 5.74) is 2.93. The zero-order chi connectivity index (χ0) is 21.1. The van der Waals surface area contributed by atoms with Gasteiger partial charge < -0.3 is 24.5 Å². The van der Waals surface area contributed by atoms with Gasteiger partial charge in [0.1, 0.15) is 17.4 Å². The molecule has 2 N–H and O–H groups in total. The highest BCUT2D eigenvalue weighted by Gasteiger charge is 2.26. The number of nitrogens with one attached hydrogen (secondary N) is 1. The van der Waals surface area contributed by atoms with E-state index < -0.39 is 23.7 Å². The van der Waals surface area contributed by atoms with Crippen LogP contribution in [-0.4, -0.2) is 40.5 Å². The van der Waals surface area contributed by atoms with E-state index in [1.54, 1.807) is 27.9 Å². The highest BCUT2D eigenvalue weighted by molar-refractivity contribution is 5.80. The second-order valence-corrected chi connectivity index (χ2v) is 7.67. The Balaban J connectivity index is 2.27. The summed E-state index contributed by atoms with van der Waals surface area (Å²) < 4.78 is 12.5. The molecule has 0 saturated carbocycles. The maximum atomic E-state index is 12.0. The van der Waals surface area contributed by atoms with E-state index in [1.807, 2.05) is 48.7 Å². The molecule has 1 amide bonds. The van der Waals surface area contributed by atoms with Crippen LogP contribution in [0.4, 0.5) is 4.79 Å². The number of carbonyl (C=O) groups is 2. The highest BCUT2D eigenvalue weighted by atomic mass is 16.6. The van der Waals surface area contributed by atoms with Crippen molar-refractivity contribution in [3.05, 3.63) is 47.3 Å². The minimum absolute atomic E-state index is 0.151. The van der Waals surface area contributed by atoms with Crippen molar-refractivity contribution in [1.82, 2.24) is 9.88 Å². The molecule has 152 valence electrons. The van der Waals surface area contributed by atoms with Gasteiger partial charge in [0, 0.05) is 29.6 Å². The summed E-state index contributed by atoms with van der Waals surface area (Å²) in [6, 6.07) is 8.48. The molecule has 2 aromatic rings. The molecule has 28 heavy (non-hydrogen) atoms. The lowest BCUT2D eigenvalue weighted by molar-refractivity contribution is -0.139. The van der Waals surface area contributed by atoms with Crippen LogP contribution in [0.15, 0.2) is 30.3 Å². The molecule has 0 bridgehead atoms. The normalized spacial score (nSPS) is 12.4. The zero-order valence-electron chi connectivity index (χ0n) is 17.2. The first-order valence-electron chi connectivity index (χ1n) is 9.06. The number of carbonyl (C=O) groups excluding carboxylic acids is 1. The van der Waals surface area contributed by atoms with Gasteiger partial charge in [-0.2, -0.15) is 0 Å². The fourth-order valence-electron chi connectivity index (χ4n) is 3.05. The number of methoxy groups -OCH3 is 1. The van der Waals surface area contributed by atoms with E-state index in [4.69, 9.17) is 9.47 Å². The first kappa shape index (κ1) is 21.3. The monoisotopic (exact) mass is 388 g/mol. The molecule has 7 heteroatoms. The molecule has 0 aliphatic heterocycles. The molecule has 7 nitrogen and oxygen atoms in total. The topological polar surface area (TPSA) is 89.8 Å². The second kappa shape index (κ2) is 8.37. The number of benzene rings is 1. The van der Waals surface area contributed by atoms with Crippen molar-refractivity contribution in [3.63, 3.8) is 0 Å². The van der Waals surface area contributed by atoms with Gasteiger partial charge in [-0.05, 0) is 58.4 Å². The molecule has 0 saturated heterocycles. The second-order valence-electron chi connectivity index (χ2n) is 7.67. The van der Waals surface area contributed by atoms with Gasteiger partial charge in [-0.1, -0.05) is 6.07 Å². The van der Waals surface area contributed by atoms with Gasteiger partial charge in [-0.25, -0.2) is 9.59 Å². The first-order valence-corrected chi connectivity index (χ1v) is 9.06. The molecule has 0 aliphatic rings. The Bertz CT molecular complexity index is 864. The van der Waals surface area contributed by atoms with Crippen LogP contribution in [0.25, 0.3) is 5.69 Å². The molecule has 1 atom stereocenters. The number of carboxylic acid groups (broad SMARTS) is 1. The van der Waals surface area contributed by atoms with E-state index in [1.165, 1.54) is 0 Å². The van der Waals surface area contributed by atoms with E-state index in [-0.39, 0.29) is 6.42 Å². The van der Waals surface area contributed by atoms with Gasteiger partial charge in [0.2, 0.25) is 0 Å². The third kappa shape index (κ3) is 5.28. The number of rotatable bonds is 6. The number of alkyl carbamates (subject to hydrolysis) is 1. The lowest BCUT2D eigenvalue weighted by atomic mass is 10.1. The molecular formula is C21H28N2O5. The Kier molecular flexibility index (Phi) is 6.38. The van der Waals surface area contributed by atoms with Gasteiger partial charge in [0.25, 0.3) is 0 Å². The number of ether oxygens (including phenoxy) is 2. The molecule has 1 aromatic carbocycles. The van der Waals surface area contributed by atoms with Crippen LogP contribution in [0.3, 0.4) is 0 Å². The van der Waals surface area contributed by atoms with Crippen molar-refractivity contribution in [2.45, 2.75) is 52.7 Å². The summed E-state index contributed by atoms with van der Waals surface area (Å²) in [7, 11) is 1.61. The zero-order valence-corrected chi connectivity index (χ0v) is 17.2. The Morgan fingerprint density at radius 2 is 1.89 bits per heavy atom. The molecule has 0 fully saturated rings. The van der Waals surface area contributed by atoms with Crippen molar-refractivity contribution >= 4 is 12.1 Å². The van der Waals surface area contributed by atoms with Crippen molar-refractivity contribution in [3.8, 4) is 11.4 Å². The van der Waals surface area contributed by atoms with E-state index in [9.17, 15) is 14.7 Å². The minimum atomic E-state index is -1.11. The summed E-state index contributed by atoms with van der Waals surface area (Å²) in [6.45, 7) is 9.06. The fourth-order valence-corrected chi connectivity index (χ4v) is 3.05. The average Bonchev–Trinajstić information content (AvgIpc) is 2.86. The molecule has 2 rings (SSSR count). The number of carboxylic acids is 1. The lowest BCUT2D eigenvalue weighted by Crippen LogP contribution is -2.44. The smallest absolute Gasteiger partial charge is 0.408 e. The summed E-state index contributed by atoms with van der Waals surface area (Å²) in [5.74, 6) is -0.376. The van der Waals surface area contributed by atoms with Crippen molar-refractivity contribution < 1.29 is 24.2 Å². The first-order chi connectivity index (χ1) is 13.0. The quantitative estimate of drug-likeness (QED) is 0.789. The Morgan fingerprint density at radius 1 is 1.21 bits per heavy atom. The van der Waals surface area contributed by atoms with Crippen LogP contribution in [-0.2, 0) is 16.0 Å². The van der Waals surface area contributed by atoms with Crippen molar-refractivity contribution in [2.75, 3.05) is 7.11 Å². The summed E-state index contributed by atoms with van der Waals surface area (Å²) >= 11 is 0. The van der Waals surface area contributed by atoms with Gasteiger partial charge in [-0.3, -0.25) is 0 Å². The number of amides is 1. The summed E-state index contributed by atoms with van der Waals surface area (Å²) in [6.07, 6.45) is -0.598. The molecule has 1 aromatic heterocycles. The lowest BCUT2D eigenvalue weighted by Gasteiger charge is -2.22. The van der Waals surface area contributed by atoms with Gasteiger partial charge in [-0.15, -0.1) is 0 Å². The molecule has 1 heterocycles. The van der Waals surface area contributed by atoms with Crippen molar-refractivity contribution in [1.29, 1.82) is 0 Å². The maximum Gasteiger partial charge on any atom is 0.408 e. The van der Waals surface area contributed by atoms with Crippen LogP contribution in [0.2, 0.25) is 0 Å². The number of aryl methyl sites for hydroxylation is 1. The van der Waals surface area contributed by atoms with Gasteiger partial charge in [0.05, 0.1) is 7.11 Å². The van der Waals surface area contributed by atoms with Crippen LogP contribution in [0.1, 0.15) is 37.7 Å². The summed E-state index contributed by atoms with van der Waals surface area (Å²) in [5, 5.41) is 12.0.